The van der Waals surface area contributed by atoms with Gasteiger partial charge in [0, 0.05) is 13.3 Å². The molecule has 1 saturated heterocycles. The van der Waals surface area contributed by atoms with Gasteiger partial charge < -0.3 is 29.5 Å². The van der Waals surface area contributed by atoms with Crippen LogP contribution in [0.1, 0.15) is 26.7 Å². The van der Waals surface area contributed by atoms with Crippen molar-refractivity contribution in [2.75, 3.05) is 6.61 Å². The van der Waals surface area contributed by atoms with E-state index in [4.69, 9.17) is 9.47 Å². The van der Waals surface area contributed by atoms with Crippen LogP contribution < -0.4 is 0 Å². The Morgan fingerprint density at radius 1 is 1.20 bits per heavy atom. The zero-order valence-electron chi connectivity index (χ0n) is 11.4. The molecule has 0 aromatic rings. The number of esters is 2. The maximum atomic E-state index is 11.4. The third kappa shape index (κ3) is 4.41. The molecule has 116 valence electrons. The van der Waals surface area contributed by atoms with Gasteiger partial charge in [0.1, 0.15) is 24.9 Å². The van der Waals surface area contributed by atoms with Gasteiger partial charge in [-0.15, -0.1) is 0 Å². The maximum absolute atomic E-state index is 11.4. The van der Waals surface area contributed by atoms with E-state index in [0.29, 0.717) is 6.42 Å². The van der Waals surface area contributed by atoms with Crippen molar-refractivity contribution in [1.82, 2.24) is 0 Å². The molecule has 1 heterocycles. The second-order valence-corrected chi connectivity index (χ2v) is 4.55. The summed E-state index contributed by atoms with van der Waals surface area (Å²) in [7, 11) is 0. The van der Waals surface area contributed by atoms with Crippen molar-refractivity contribution < 1.29 is 39.1 Å². The van der Waals surface area contributed by atoms with Crippen molar-refractivity contribution in [3.05, 3.63) is 0 Å². The number of carbonyl (C=O) groups excluding carboxylic acids is 2. The first-order valence-corrected chi connectivity index (χ1v) is 6.39. The molecule has 0 spiro atoms. The minimum absolute atomic E-state index is 0.126. The van der Waals surface area contributed by atoms with Gasteiger partial charge >= 0.3 is 11.9 Å². The molecule has 0 aliphatic carbocycles. The van der Waals surface area contributed by atoms with Crippen LogP contribution in [0.5, 0.6) is 0 Å². The van der Waals surface area contributed by atoms with Crippen LogP contribution in [0.25, 0.3) is 0 Å². The maximum Gasteiger partial charge on any atom is 0.306 e. The summed E-state index contributed by atoms with van der Waals surface area (Å²) in [4.78, 5) is 22.2. The summed E-state index contributed by atoms with van der Waals surface area (Å²) in [6.45, 7) is 2.64. The second kappa shape index (κ2) is 7.53. The van der Waals surface area contributed by atoms with Gasteiger partial charge in [0.15, 0.2) is 12.4 Å². The van der Waals surface area contributed by atoms with Crippen LogP contribution in [-0.4, -0.2) is 64.6 Å². The Labute approximate surface area is 116 Å². The fourth-order valence-electron chi connectivity index (χ4n) is 1.81. The molecular formula is C12H20O8. The molecule has 0 saturated carbocycles. The summed E-state index contributed by atoms with van der Waals surface area (Å²) in [6.07, 6.45) is -6.36. The molecule has 1 aliphatic heterocycles. The minimum Gasteiger partial charge on any atom is -0.463 e. The van der Waals surface area contributed by atoms with Gasteiger partial charge in [0.05, 0.1) is 0 Å². The molecule has 20 heavy (non-hydrogen) atoms. The largest absolute Gasteiger partial charge is 0.463 e. The van der Waals surface area contributed by atoms with Gasteiger partial charge in [-0.1, -0.05) is 6.92 Å². The highest BCUT2D eigenvalue weighted by Gasteiger charge is 2.46. The van der Waals surface area contributed by atoms with E-state index in [2.05, 4.69) is 4.74 Å². The van der Waals surface area contributed by atoms with Gasteiger partial charge in [-0.2, -0.15) is 0 Å². The van der Waals surface area contributed by atoms with Gasteiger partial charge in [-0.05, 0) is 6.42 Å². The van der Waals surface area contributed by atoms with E-state index in [0.717, 1.165) is 0 Å². The molecular weight excluding hydrogens is 272 g/mol. The third-order valence-electron chi connectivity index (χ3n) is 2.83. The van der Waals surface area contributed by atoms with E-state index in [-0.39, 0.29) is 13.0 Å². The van der Waals surface area contributed by atoms with Crippen molar-refractivity contribution in [3.63, 3.8) is 0 Å². The summed E-state index contributed by atoms with van der Waals surface area (Å²) >= 11 is 0. The van der Waals surface area contributed by atoms with Gasteiger partial charge in [0.2, 0.25) is 0 Å². The molecule has 0 aromatic heterocycles. The molecule has 8 heteroatoms. The number of ether oxygens (including phenoxy) is 3. The standard InChI is InChI=1S/C12H20O8/c1-3-4-8(14)20-11-9(15)7(5-18-6(2)13)19-12(17)10(11)16/h7,9-12,15-17H,3-5H2,1-2H3/t7-,9-,10-,11+,12+/m1/s1. The van der Waals surface area contributed by atoms with E-state index in [1.165, 1.54) is 6.92 Å². The first-order chi connectivity index (χ1) is 9.36. The van der Waals surface area contributed by atoms with Gasteiger partial charge in [-0.3, -0.25) is 9.59 Å². The number of aliphatic hydroxyl groups is 3. The quantitative estimate of drug-likeness (QED) is 0.534. The molecule has 1 aliphatic rings. The molecule has 0 unspecified atom stereocenters. The zero-order valence-corrected chi connectivity index (χ0v) is 11.4. The summed E-state index contributed by atoms with van der Waals surface area (Å²) in [5, 5.41) is 29.2. The van der Waals surface area contributed by atoms with E-state index < -0.39 is 42.6 Å². The first kappa shape index (κ1) is 16.8. The summed E-state index contributed by atoms with van der Waals surface area (Å²) < 4.78 is 14.5. The molecule has 1 rings (SSSR count). The molecule has 0 amide bonds. The number of aliphatic hydroxyl groups excluding tert-OH is 3. The lowest BCUT2D eigenvalue weighted by Gasteiger charge is -2.39. The number of carbonyl (C=O) groups is 2. The summed E-state index contributed by atoms with van der Waals surface area (Å²) in [5.74, 6) is -1.18. The van der Waals surface area contributed by atoms with Crippen molar-refractivity contribution in [2.24, 2.45) is 0 Å². The smallest absolute Gasteiger partial charge is 0.306 e. The van der Waals surface area contributed by atoms with Crippen LogP contribution in [0.4, 0.5) is 0 Å². The molecule has 3 N–H and O–H groups in total. The highest BCUT2D eigenvalue weighted by atomic mass is 16.7. The predicted molar refractivity (Wildman–Crippen MR) is 64.3 cm³/mol. The minimum atomic E-state index is -1.64. The van der Waals surface area contributed by atoms with Gasteiger partial charge in [-0.25, -0.2) is 0 Å². The highest BCUT2D eigenvalue weighted by molar-refractivity contribution is 5.69. The monoisotopic (exact) mass is 292 g/mol. The lowest BCUT2D eigenvalue weighted by atomic mass is 9.99. The topological polar surface area (TPSA) is 123 Å². The number of hydrogen-bond acceptors (Lipinski definition) is 8. The molecule has 5 atom stereocenters. The van der Waals surface area contributed by atoms with Crippen molar-refractivity contribution >= 4 is 11.9 Å². The Balaban J connectivity index is 2.69. The van der Waals surface area contributed by atoms with Crippen molar-refractivity contribution in [3.8, 4) is 0 Å². The molecule has 0 radical (unpaired) electrons. The zero-order chi connectivity index (χ0) is 15.3. The molecule has 0 aromatic carbocycles. The average Bonchev–Trinajstić information content (AvgIpc) is 2.37. The lowest BCUT2D eigenvalue weighted by molar-refractivity contribution is -0.290. The van der Waals surface area contributed by atoms with E-state index >= 15 is 0 Å². The highest BCUT2D eigenvalue weighted by Crippen LogP contribution is 2.23. The summed E-state index contributed by atoms with van der Waals surface area (Å²) in [5.41, 5.74) is 0. The second-order valence-electron chi connectivity index (χ2n) is 4.55. The van der Waals surface area contributed by atoms with Crippen LogP contribution in [-0.2, 0) is 23.8 Å². The van der Waals surface area contributed by atoms with Crippen molar-refractivity contribution in [2.45, 2.75) is 57.4 Å². The Morgan fingerprint density at radius 3 is 2.40 bits per heavy atom. The Bertz CT molecular complexity index is 344. The first-order valence-electron chi connectivity index (χ1n) is 6.39. The Hall–Kier alpha value is -1.22. The fraction of sp³-hybridized carbons (Fsp3) is 0.833. The van der Waals surface area contributed by atoms with Crippen LogP contribution in [0, 0.1) is 0 Å². The molecule has 1 fully saturated rings. The third-order valence-corrected chi connectivity index (χ3v) is 2.83. The van der Waals surface area contributed by atoms with Crippen LogP contribution >= 0.6 is 0 Å². The predicted octanol–water partition coefficient (Wildman–Crippen LogP) is -1.30. The lowest BCUT2D eigenvalue weighted by Crippen LogP contribution is -2.60. The molecule has 0 bridgehead atoms. The van der Waals surface area contributed by atoms with E-state index in [1.54, 1.807) is 6.92 Å². The van der Waals surface area contributed by atoms with E-state index in [1.807, 2.05) is 0 Å². The number of rotatable bonds is 5. The van der Waals surface area contributed by atoms with Crippen LogP contribution in [0.15, 0.2) is 0 Å². The SMILES string of the molecule is CCCC(=O)O[C@@H]1[C@@H](O)[C@@H](O)O[C@H](COC(C)=O)[C@H]1O. The van der Waals surface area contributed by atoms with Crippen LogP contribution in [0.3, 0.4) is 0 Å². The van der Waals surface area contributed by atoms with Gasteiger partial charge in [0.25, 0.3) is 0 Å². The van der Waals surface area contributed by atoms with E-state index in [9.17, 15) is 24.9 Å². The van der Waals surface area contributed by atoms with Crippen LogP contribution in [0.2, 0.25) is 0 Å². The summed E-state index contributed by atoms with van der Waals surface area (Å²) in [6, 6.07) is 0. The van der Waals surface area contributed by atoms with Crippen molar-refractivity contribution in [1.29, 1.82) is 0 Å². The molecule has 8 nitrogen and oxygen atoms in total. The Kier molecular flexibility index (Phi) is 6.34. The average molecular weight is 292 g/mol. The Morgan fingerprint density at radius 2 is 1.85 bits per heavy atom. The normalized spacial score (nSPS) is 33.5. The fourth-order valence-corrected chi connectivity index (χ4v) is 1.81. The number of hydrogen-bond donors (Lipinski definition) is 3.